The van der Waals surface area contributed by atoms with Crippen molar-refractivity contribution in [2.24, 2.45) is 0 Å². The molecule has 2 N–H and O–H groups in total. The van der Waals surface area contributed by atoms with E-state index in [0.29, 0.717) is 45.6 Å². The molecule has 19 heavy (non-hydrogen) atoms. The Bertz CT molecular complexity index is 377. The molecule has 0 aromatic heterocycles. The van der Waals surface area contributed by atoms with Crippen molar-refractivity contribution in [3.8, 4) is 0 Å². The van der Waals surface area contributed by atoms with Gasteiger partial charge in [-0.3, -0.25) is 4.79 Å². The van der Waals surface area contributed by atoms with Gasteiger partial charge in [-0.1, -0.05) is 0 Å². The normalized spacial score (nSPS) is 17.7. The maximum absolute atomic E-state index is 11.8. The van der Waals surface area contributed by atoms with Gasteiger partial charge in [-0.2, -0.15) is 0 Å². The topological polar surface area (TPSA) is 87.7 Å². The number of nitrogens with zero attached hydrogens (tertiary/aromatic N) is 1. The van der Waals surface area contributed by atoms with Gasteiger partial charge in [0, 0.05) is 32.8 Å². The fourth-order valence-electron chi connectivity index (χ4n) is 2.03. The molecule has 112 valence electrons. The molecule has 0 atom stereocenters. The summed E-state index contributed by atoms with van der Waals surface area (Å²) in [6.45, 7) is 2.71. The minimum absolute atomic E-state index is 0.0499. The standard InChI is InChI=1S/C11H23N3O4S/c1-18-8-5-12-9-11(15)14-6-3-10(4-7-14)13-19(2,16)17/h10,12-13H,3-9H2,1-2H3. The highest BCUT2D eigenvalue weighted by Gasteiger charge is 2.24. The van der Waals surface area contributed by atoms with Gasteiger partial charge in [-0.05, 0) is 12.8 Å². The second kappa shape index (κ2) is 7.78. The van der Waals surface area contributed by atoms with Crippen LogP contribution in [0.3, 0.4) is 0 Å². The number of carbonyl (C=O) groups excluding carboxylic acids is 1. The van der Waals surface area contributed by atoms with Crippen molar-refractivity contribution in [2.75, 3.05) is 46.2 Å². The van der Waals surface area contributed by atoms with Gasteiger partial charge >= 0.3 is 0 Å². The molecule has 0 aromatic rings. The van der Waals surface area contributed by atoms with Crippen LogP contribution in [-0.2, 0) is 19.6 Å². The number of hydrogen-bond donors (Lipinski definition) is 2. The Kier molecular flexibility index (Phi) is 6.70. The van der Waals surface area contributed by atoms with E-state index in [4.69, 9.17) is 4.74 Å². The molecule has 1 amide bonds. The molecule has 0 radical (unpaired) electrons. The monoisotopic (exact) mass is 293 g/mol. The van der Waals surface area contributed by atoms with Crippen LogP contribution in [0.2, 0.25) is 0 Å². The van der Waals surface area contributed by atoms with Crippen molar-refractivity contribution in [3.05, 3.63) is 0 Å². The smallest absolute Gasteiger partial charge is 0.236 e. The van der Waals surface area contributed by atoms with Crippen molar-refractivity contribution in [3.63, 3.8) is 0 Å². The van der Waals surface area contributed by atoms with E-state index in [9.17, 15) is 13.2 Å². The van der Waals surface area contributed by atoms with Crippen LogP contribution in [0.15, 0.2) is 0 Å². The molecular formula is C11H23N3O4S. The summed E-state index contributed by atoms with van der Waals surface area (Å²) in [6.07, 6.45) is 2.48. The summed E-state index contributed by atoms with van der Waals surface area (Å²) in [6, 6.07) is -0.0551. The molecular weight excluding hydrogens is 270 g/mol. The molecule has 1 rings (SSSR count). The fraction of sp³-hybridized carbons (Fsp3) is 0.909. The molecule has 8 heteroatoms. The first-order chi connectivity index (χ1) is 8.92. The summed E-state index contributed by atoms with van der Waals surface area (Å²) in [5.74, 6) is 0.0499. The predicted molar refractivity (Wildman–Crippen MR) is 72.3 cm³/mol. The van der Waals surface area contributed by atoms with Crippen LogP contribution >= 0.6 is 0 Å². The zero-order valence-electron chi connectivity index (χ0n) is 11.5. The number of sulfonamides is 1. The van der Waals surface area contributed by atoms with Crippen molar-refractivity contribution < 1.29 is 17.9 Å². The minimum atomic E-state index is -3.16. The summed E-state index contributed by atoms with van der Waals surface area (Å²) in [4.78, 5) is 13.6. The third kappa shape index (κ3) is 6.86. The number of carbonyl (C=O) groups is 1. The number of ether oxygens (including phenoxy) is 1. The third-order valence-electron chi connectivity index (χ3n) is 2.99. The van der Waals surface area contributed by atoms with Crippen LogP contribution in [0, 0.1) is 0 Å². The van der Waals surface area contributed by atoms with Crippen LogP contribution < -0.4 is 10.0 Å². The summed E-state index contributed by atoms with van der Waals surface area (Å²) < 4.78 is 29.7. The van der Waals surface area contributed by atoms with E-state index >= 15 is 0 Å². The lowest BCUT2D eigenvalue weighted by molar-refractivity contribution is -0.131. The number of piperidine rings is 1. The molecule has 0 aromatic carbocycles. The summed E-state index contributed by atoms with van der Waals surface area (Å²) in [7, 11) is -1.55. The van der Waals surface area contributed by atoms with Crippen molar-refractivity contribution >= 4 is 15.9 Å². The Morgan fingerprint density at radius 2 is 2.00 bits per heavy atom. The molecule has 7 nitrogen and oxygen atoms in total. The van der Waals surface area contributed by atoms with E-state index in [1.165, 1.54) is 0 Å². The van der Waals surface area contributed by atoms with E-state index in [1.54, 1.807) is 12.0 Å². The first kappa shape index (κ1) is 16.4. The van der Waals surface area contributed by atoms with Crippen molar-refractivity contribution in [1.82, 2.24) is 14.9 Å². The molecule has 0 bridgehead atoms. The molecule has 1 saturated heterocycles. The summed E-state index contributed by atoms with van der Waals surface area (Å²) in [5.41, 5.74) is 0. The Morgan fingerprint density at radius 3 is 2.53 bits per heavy atom. The summed E-state index contributed by atoms with van der Waals surface area (Å²) >= 11 is 0. The van der Waals surface area contributed by atoms with Gasteiger partial charge in [0.05, 0.1) is 19.4 Å². The van der Waals surface area contributed by atoms with Gasteiger partial charge in [-0.15, -0.1) is 0 Å². The van der Waals surface area contributed by atoms with E-state index in [0.717, 1.165) is 6.26 Å². The predicted octanol–water partition coefficient (Wildman–Crippen LogP) is -1.24. The molecule has 0 unspecified atom stereocenters. The number of rotatable bonds is 7. The van der Waals surface area contributed by atoms with Gasteiger partial charge in [0.1, 0.15) is 0 Å². The second-order valence-corrected chi connectivity index (χ2v) is 6.49. The van der Waals surface area contributed by atoms with Crippen LogP contribution in [0.25, 0.3) is 0 Å². The SMILES string of the molecule is COCCNCC(=O)N1CCC(NS(C)(=O)=O)CC1. The largest absolute Gasteiger partial charge is 0.383 e. The van der Waals surface area contributed by atoms with Crippen LogP contribution in [0.1, 0.15) is 12.8 Å². The molecule has 1 aliphatic heterocycles. The van der Waals surface area contributed by atoms with Gasteiger partial charge in [-0.25, -0.2) is 13.1 Å². The Morgan fingerprint density at radius 1 is 1.37 bits per heavy atom. The molecule has 1 aliphatic rings. The highest BCUT2D eigenvalue weighted by molar-refractivity contribution is 7.88. The lowest BCUT2D eigenvalue weighted by Crippen LogP contribution is -2.48. The van der Waals surface area contributed by atoms with E-state index < -0.39 is 10.0 Å². The number of likely N-dealkylation sites (tertiary alicyclic amines) is 1. The molecule has 0 saturated carbocycles. The van der Waals surface area contributed by atoms with E-state index in [1.807, 2.05) is 0 Å². The molecule has 1 fully saturated rings. The van der Waals surface area contributed by atoms with E-state index in [-0.39, 0.29) is 11.9 Å². The quantitative estimate of drug-likeness (QED) is 0.574. The maximum Gasteiger partial charge on any atom is 0.236 e. The Hall–Kier alpha value is -0.700. The third-order valence-corrected chi connectivity index (χ3v) is 3.75. The van der Waals surface area contributed by atoms with Gasteiger partial charge in [0.15, 0.2) is 0 Å². The minimum Gasteiger partial charge on any atom is -0.383 e. The van der Waals surface area contributed by atoms with E-state index in [2.05, 4.69) is 10.0 Å². The van der Waals surface area contributed by atoms with Gasteiger partial charge < -0.3 is 15.0 Å². The lowest BCUT2D eigenvalue weighted by Gasteiger charge is -2.32. The van der Waals surface area contributed by atoms with Crippen LogP contribution in [0.4, 0.5) is 0 Å². The molecule has 1 heterocycles. The number of amides is 1. The number of nitrogens with one attached hydrogen (secondary N) is 2. The average molecular weight is 293 g/mol. The molecule has 0 spiro atoms. The zero-order valence-corrected chi connectivity index (χ0v) is 12.3. The number of methoxy groups -OCH3 is 1. The summed E-state index contributed by atoms with van der Waals surface area (Å²) in [5, 5.41) is 3.01. The van der Waals surface area contributed by atoms with Crippen LogP contribution in [-0.4, -0.2) is 71.4 Å². The highest BCUT2D eigenvalue weighted by atomic mass is 32.2. The molecule has 0 aliphatic carbocycles. The fourth-order valence-corrected chi connectivity index (χ4v) is 2.87. The van der Waals surface area contributed by atoms with Crippen molar-refractivity contribution in [2.45, 2.75) is 18.9 Å². The lowest BCUT2D eigenvalue weighted by atomic mass is 10.1. The zero-order chi connectivity index (χ0) is 14.3. The first-order valence-corrected chi connectivity index (χ1v) is 8.26. The van der Waals surface area contributed by atoms with Gasteiger partial charge in [0.2, 0.25) is 15.9 Å². The number of hydrogen-bond acceptors (Lipinski definition) is 5. The second-order valence-electron chi connectivity index (χ2n) is 4.71. The first-order valence-electron chi connectivity index (χ1n) is 6.37. The van der Waals surface area contributed by atoms with Gasteiger partial charge in [0.25, 0.3) is 0 Å². The van der Waals surface area contributed by atoms with Crippen molar-refractivity contribution in [1.29, 1.82) is 0 Å². The Labute approximate surface area is 114 Å². The Balaban J connectivity index is 2.23. The highest BCUT2D eigenvalue weighted by Crippen LogP contribution is 2.10. The van der Waals surface area contributed by atoms with Crippen LogP contribution in [0.5, 0.6) is 0 Å². The maximum atomic E-state index is 11.8. The average Bonchev–Trinajstić information content (AvgIpc) is 2.33.